The first-order valence-electron chi connectivity index (χ1n) is 7.59. The number of esters is 2. The zero-order valence-electron chi connectivity index (χ0n) is 13.8. The third-order valence-corrected chi connectivity index (χ3v) is 3.79. The Kier molecular flexibility index (Phi) is 5.00. The molecule has 8 nitrogen and oxygen atoms in total. The predicted octanol–water partition coefficient (Wildman–Crippen LogP) is 3.52. The molecule has 136 valence electrons. The Morgan fingerprint density at radius 3 is 2.59 bits per heavy atom. The van der Waals surface area contributed by atoms with Gasteiger partial charge in [-0.05, 0) is 29.8 Å². The molecule has 0 atom stereocenters. The number of carbonyl (C=O) groups excluding carboxylic acids is 2. The number of rotatable bonds is 4. The first kappa shape index (κ1) is 18.3. The fourth-order valence-corrected chi connectivity index (χ4v) is 2.47. The number of halogens is 1. The smallest absolute Gasteiger partial charge is 0.363 e. The first-order chi connectivity index (χ1) is 12.8. The lowest BCUT2D eigenvalue weighted by atomic mass is 10.2. The van der Waals surface area contributed by atoms with Gasteiger partial charge in [-0.1, -0.05) is 23.7 Å². The van der Waals surface area contributed by atoms with E-state index in [4.69, 9.17) is 21.1 Å². The molecule has 0 aromatic heterocycles. The number of hydrogen-bond acceptors (Lipinski definition) is 7. The third-order valence-electron chi connectivity index (χ3n) is 3.46. The summed E-state index contributed by atoms with van der Waals surface area (Å²) in [6.45, 7) is 1.29. The van der Waals surface area contributed by atoms with Crippen LogP contribution in [0, 0.1) is 10.1 Å². The van der Waals surface area contributed by atoms with Crippen LogP contribution < -0.4 is 4.74 Å². The largest absolute Gasteiger partial charge is 0.427 e. The van der Waals surface area contributed by atoms with Gasteiger partial charge in [-0.25, -0.2) is 9.79 Å². The van der Waals surface area contributed by atoms with Gasteiger partial charge in [0.05, 0.1) is 15.5 Å². The summed E-state index contributed by atoms with van der Waals surface area (Å²) in [6, 6.07) is 10.2. The van der Waals surface area contributed by atoms with Gasteiger partial charge in [0.1, 0.15) is 5.75 Å². The van der Waals surface area contributed by atoms with Gasteiger partial charge in [0.25, 0.3) is 5.69 Å². The molecular formula is C18H11ClN2O6. The molecule has 27 heavy (non-hydrogen) atoms. The summed E-state index contributed by atoms with van der Waals surface area (Å²) in [5.74, 6) is -0.900. The Morgan fingerprint density at radius 1 is 1.26 bits per heavy atom. The van der Waals surface area contributed by atoms with E-state index in [9.17, 15) is 19.7 Å². The van der Waals surface area contributed by atoms with Gasteiger partial charge in [0.15, 0.2) is 5.70 Å². The van der Waals surface area contributed by atoms with Crippen LogP contribution >= 0.6 is 11.6 Å². The molecule has 1 heterocycles. The van der Waals surface area contributed by atoms with Crippen LogP contribution in [-0.4, -0.2) is 22.8 Å². The van der Waals surface area contributed by atoms with E-state index >= 15 is 0 Å². The molecule has 0 saturated carbocycles. The van der Waals surface area contributed by atoms with Crippen LogP contribution in [0.15, 0.2) is 53.2 Å². The summed E-state index contributed by atoms with van der Waals surface area (Å²) in [4.78, 5) is 37.4. The molecule has 1 aliphatic rings. The Balaban J connectivity index is 1.90. The standard InChI is InChI=1S/C18H11ClN2O6/c1-10(22)26-13-5-2-11(3-6-13)8-16-18(23)27-17(20-16)14-9-12(21(24)25)4-7-15(14)19/h2-9H,1H3/b16-8+. The maximum absolute atomic E-state index is 12.1. The summed E-state index contributed by atoms with van der Waals surface area (Å²) >= 11 is 6.04. The van der Waals surface area contributed by atoms with Gasteiger partial charge in [0.2, 0.25) is 5.90 Å². The molecule has 0 bridgehead atoms. The van der Waals surface area contributed by atoms with Gasteiger partial charge >= 0.3 is 11.9 Å². The topological polar surface area (TPSA) is 108 Å². The fourth-order valence-electron chi connectivity index (χ4n) is 2.27. The summed E-state index contributed by atoms with van der Waals surface area (Å²) < 4.78 is 10.0. The van der Waals surface area contributed by atoms with Crippen molar-refractivity contribution in [1.29, 1.82) is 0 Å². The predicted molar refractivity (Wildman–Crippen MR) is 96.5 cm³/mol. The molecule has 2 aromatic rings. The van der Waals surface area contributed by atoms with Crippen molar-refractivity contribution >= 4 is 41.2 Å². The zero-order valence-corrected chi connectivity index (χ0v) is 14.6. The highest BCUT2D eigenvalue weighted by molar-refractivity contribution is 6.34. The van der Waals surface area contributed by atoms with Crippen LogP contribution in [0.25, 0.3) is 6.08 Å². The van der Waals surface area contributed by atoms with Crippen LogP contribution in [0.1, 0.15) is 18.1 Å². The van der Waals surface area contributed by atoms with E-state index in [-0.39, 0.29) is 27.9 Å². The number of benzene rings is 2. The highest BCUT2D eigenvalue weighted by Crippen LogP contribution is 2.27. The minimum Gasteiger partial charge on any atom is -0.427 e. The number of cyclic esters (lactones) is 1. The molecule has 3 rings (SSSR count). The van der Waals surface area contributed by atoms with E-state index in [0.717, 1.165) is 0 Å². The summed E-state index contributed by atoms with van der Waals surface area (Å²) in [5, 5.41) is 11.1. The third kappa shape index (κ3) is 4.18. The minimum atomic E-state index is -0.711. The van der Waals surface area contributed by atoms with Crippen molar-refractivity contribution < 1.29 is 24.0 Å². The van der Waals surface area contributed by atoms with Crippen molar-refractivity contribution in [3.8, 4) is 5.75 Å². The molecule has 0 saturated heterocycles. The van der Waals surface area contributed by atoms with Crippen molar-refractivity contribution in [2.45, 2.75) is 6.92 Å². The number of nitro groups is 1. The monoisotopic (exact) mass is 386 g/mol. The van der Waals surface area contributed by atoms with Crippen LogP contribution in [0.4, 0.5) is 5.69 Å². The van der Waals surface area contributed by atoms with Crippen LogP contribution in [0.5, 0.6) is 5.75 Å². The second kappa shape index (κ2) is 7.38. The van der Waals surface area contributed by atoms with E-state index in [1.54, 1.807) is 24.3 Å². The second-order valence-electron chi connectivity index (χ2n) is 5.42. The van der Waals surface area contributed by atoms with Crippen molar-refractivity contribution in [3.05, 3.63) is 74.4 Å². The zero-order chi connectivity index (χ0) is 19.6. The molecular weight excluding hydrogens is 376 g/mol. The van der Waals surface area contributed by atoms with Crippen LogP contribution in [0.3, 0.4) is 0 Å². The highest BCUT2D eigenvalue weighted by Gasteiger charge is 2.27. The minimum absolute atomic E-state index is 0.00723. The second-order valence-corrected chi connectivity index (χ2v) is 5.83. The van der Waals surface area contributed by atoms with Crippen LogP contribution in [-0.2, 0) is 14.3 Å². The Morgan fingerprint density at radius 2 is 1.96 bits per heavy atom. The van der Waals surface area contributed by atoms with Gasteiger partial charge in [-0.15, -0.1) is 0 Å². The first-order valence-corrected chi connectivity index (χ1v) is 7.96. The van der Waals surface area contributed by atoms with E-state index in [1.165, 1.54) is 31.2 Å². The average Bonchev–Trinajstić information content (AvgIpc) is 2.97. The summed E-state index contributed by atoms with van der Waals surface area (Å²) in [6.07, 6.45) is 1.47. The van der Waals surface area contributed by atoms with Gasteiger partial charge in [0, 0.05) is 19.1 Å². The van der Waals surface area contributed by atoms with E-state index < -0.39 is 16.9 Å². The SMILES string of the molecule is CC(=O)Oc1ccc(/C=C2/N=C(c3cc([N+](=O)[O-])ccc3Cl)OC2=O)cc1. The van der Waals surface area contributed by atoms with Crippen molar-refractivity contribution in [2.75, 3.05) is 0 Å². The summed E-state index contributed by atoms with van der Waals surface area (Å²) in [7, 11) is 0. The molecule has 0 amide bonds. The van der Waals surface area contributed by atoms with Gasteiger partial charge in [-0.3, -0.25) is 14.9 Å². The Labute approximate surface area is 157 Å². The molecule has 1 aliphatic heterocycles. The Bertz CT molecular complexity index is 1010. The van der Waals surface area contributed by atoms with Gasteiger partial charge in [-0.2, -0.15) is 0 Å². The Hall–Kier alpha value is -3.52. The van der Waals surface area contributed by atoms with Crippen molar-refractivity contribution in [3.63, 3.8) is 0 Å². The van der Waals surface area contributed by atoms with Gasteiger partial charge < -0.3 is 9.47 Å². The number of carbonyl (C=O) groups is 2. The molecule has 0 N–H and O–H groups in total. The number of ether oxygens (including phenoxy) is 2. The number of hydrogen-bond donors (Lipinski definition) is 0. The lowest BCUT2D eigenvalue weighted by Gasteiger charge is -2.02. The number of nitrogens with zero attached hydrogens (tertiary/aromatic N) is 2. The molecule has 0 radical (unpaired) electrons. The molecule has 0 fully saturated rings. The molecule has 2 aromatic carbocycles. The normalized spacial score (nSPS) is 14.7. The molecule has 0 spiro atoms. The van der Waals surface area contributed by atoms with Crippen molar-refractivity contribution in [1.82, 2.24) is 0 Å². The van der Waals surface area contributed by atoms with E-state index in [0.29, 0.717) is 11.3 Å². The fraction of sp³-hybridized carbons (Fsp3) is 0.0556. The summed E-state index contributed by atoms with van der Waals surface area (Å²) in [5.41, 5.74) is 0.570. The highest BCUT2D eigenvalue weighted by atomic mass is 35.5. The number of nitro benzene ring substituents is 1. The maximum atomic E-state index is 12.1. The maximum Gasteiger partial charge on any atom is 0.363 e. The lowest BCUT2D eigenvalue weighted by Crippen LogP contribution is -2.06. The van der Waals surface area contributed by atoms with E-state index in [1.807, 2.05) is 0 Å². The average molecular weight is 387 g/mol. The molecule has 0 unspecified atom stereocenters. The molecule has 9 heteroatoms. The van der Waals surface area contributed by atoms with Crippen molar-refractivity contribution in [2.24, 2.45) is 4.99 Å². The number of aliphatic imine (C=N–C) groups is 1. The quantitative estimate of drug-likeness (QED) is 0.261. The number of non-ortho nitro benzene ring substituents is 1. The van der Waals surface area contributed by atoms with E-state index in [2.05, 4.69) is 4.99 Å². The lowest BCUT2D eigenvalue weighted by molar-refractivity contribution is -0.384. The molecule has 0 aliphatic carbocycles. The van der Waals surface area contributed by atoms with Crippen LogP contribution in [0.2, 0.25) is 5.02 Å².